The van der Waals surface area contributed by atoms with Crippen molar-refractivity contribution in [2.24, 2.45) is 5.41 Å². The van der Waals surface area contributed by atoms with Crippen LogP contribution in [0.2, 0.25) is 0 Å². The van der Waals surface area contributed by atoms with Crippen molar-refractivity contribution in [2.75, 3.05) is 7.05 Å². The van der Waals surface area contributed by atoms with Crippen LogP contribution in [0.3, 0.4) is 0 Å². The first-order chi connectivity index (χ1) is 12.3. The molecule has 4 atom stereocenters. The van der Waals surface area contributed by atoms with E-state index in [1.165, 1.54) is 17.7 Å². The molecule has 0 aliphatic carbocycles. The summed E-state index contributed by atoms with van der Waals surface area (Å²) in [6.45, 7) is 6.40. The van der Waals surface area contributed by atoms with Gasteiger partial charge in [0, 0.05) is 11.9 Å². The molecule has 1 aromatic heterocycles. The number of fused-ring (bicyclic) bond motifs is 2. The third-order valence-electron chi connectivity index (χ3n) is 6.35. The minimum atomic E-state index is -0.798. The standard InChI is InChI=1S/C19H26N2O2S3/c1-5-6-7-10-17(2)12-19-16(23)20(4)18(3,25-26-19)15(22)21(19)14(17)13-9-8-11-24-13/h8-9,11,14H,5-7,10,12H2,1-4H3. The Labute approximate surface area is 167 Å². The lowest BCUT2D eigenvalue weighted by molar-refractivity contribution is -0.164. The first-order valence-corrected chi connectivity index (χ1v) is 12.4. The third kappa shape index (κ3) is 2.29. The highest BCUT2D eigenvalue weighted by molar-refractivity contribution is 8.78. The molecule has 1 spiro atoms. The highest BCUT2D eigenvalue weighted by Crippen LogP contribution is 2.70. The zero-order chi connectivity index (χ0) is 18.7. The molecule has 4 saturated heterocycles. The molecule has 0 N–H and O–H groups in total. The van der Waals surface area contributed by atoms with Crippen molar-refractivity contribution in [1.82, 2.24) is 9.80 Å². The Balaban J connectivity index is 1.82. The molecule has 2 amide bonds. The number of amides is 2. The Morgan fingerprint density at radius 1 is 1.19 bits per heavy atom. The molecule has 4 fully saturated rings. The average Bonchev–Trinajstić information content (AvgIpc) is 3.21. The van der Waals surface area contributed by atoms with Gasteiger partial charge >= 0.3 is 0 Å². The third-order valence-corrected chi connectivity index (χ3v) is 11.0. The van der Waals surface area contributed by atoms with Crippen molar-refractivity contribution in [3.8, 4) is 0 Å². The van der Waals surface area contributed by atoms with E-state index >= 15 is 0 Å². The molecule has 2 bridgehead atoms. The number of hydrogen-bond acceptors (Lipinski definition) is 5. The molecule has 0 saturated carbocycles. The van der Waals surface area contributed by atoms with E-state index in [0.717, 1.165) is 19.3 Å². The fourth-order valence-electron chi connectivity index (χ4n) is 4.80. The molecule has 0 aromatic carbocycles. The monoisotopic (exact) mass is 410 g/mol. The van der Waals surface area contributed by atoms with E-state index in [4.69, 9.17) is 0 Å². The normalized spacial score (nSPS) is 39.0. The van der Waals surface area contributed by atoms with Crippen LogP contribution in [-0.2, 0) is 9.59 Å². The van der Waals surface area contributed by atoms with E-state index < -0.39 is 9.74 Å². The van der Waals surface area contributed by atoms with Gasteiger partial charge in [0.15, 0.2) is 9.74 Å². The number of likely N-dealkylation sites (N-methyl/N-ethyl adjacent to an activating group) is 1. The topological polar surface area (TPSA) is 40.6 Å². The van der Waals surface area contributed by atoms with E-state index in [-0.39, 0.29) is 23.3 Å². The van der Waals surface area contributed by atoms with E-state index in [1.54, 1.807) is 44.9 Å². The van der Waals surface area contributed by atoms with Crippen LogP contribution in [0.25, 0.3) is 0 Å². The second kappa shape index (κ2) is 6.17. The lowest BCUT2D eigenvalue weighted by Gasteiger charge is -2.57. The van der Waals surface area contributed by atoms with Gasteiger partial charge in [0.05, 0.1) is 6.04 Å². The van der Waals surface area contributed by atoms with Crippen LogP contribution in [0, 0.1) is 5.41 Å². The molecule has 7 heteroatoms. The van der Waals surface area contributed by atoms with Gasteiger partial charge in [-0.15, -0.1) is 11.3 Å². The molecule has 5 rings (SSSR count). The summed E-state index contributed by atoms with van der Waals surface area (Å²) in [4.78, 5) is 30.3. The fraction of sp³-hybridized carbons (Fsp3) is 0.684. The Bertz CT molecular complexity index is 739. The molecule has 1 aromatic rings. The molecule has 4 nitrogen and oxygen atoms in total. The Hall–Kier alpha value is -0.660. The Morgan fingerprint density at radius 3 is 2.62 bits per heavy atom. The molecular formula is C19H26N2O2S3. The summed E-state index contributed by atoms with van der Waals surface area (Å²) in [7, 11) is 4.98. The second-order valence-electron chi connectivity index (χ2n) is 8.18. The number of carbonyl (C=O) groups is 2. The van der Waals surface area contributed by atoms with Crippen molar-refractivity contribution < 1.29 is 9.59 Å². The maximum Gasteiger partial charge on any atom is 0.261 e. The van der Waals surface area contributed by atoms with Crippen LogP contribution < -0.4 is 0 Å². The first-order valence-electron chi connectivity index (χ1n) is 9.32. The van der Waals surface area contributed by atoms with Gasteiger partial charge < -0.3 is 9.80 Å². The lowest BCUT2D eigenvalue weighted by atomic mass is 9.76. The van der Waals surface area contributed by atoms with Crippen LogP contribution in [0.4, 0.5) is 0 Å². The van der Waals surface area contributed by atoms with E-state index in [9.17, 15) is 9.59 Å². The summed E-state index contributed by atoms with van der Waals surface area (Å²) in [5.41, 5.74) is -0.0741. The molecule has 26 heavy (non-hydrogen) atoms. The maximum atomic E-state index is 13.6. The van der Waals surface area contributed by atoms with Crippen molar-refractivity contribution in [3.05, 3.63) is 22.4 Å². The van der Waals surface area contributed by atoms with Crippen LogP contribution >= 0.6 is 32.9 Å². The van der Waals surface area contributed by atoms with Crippen molar-refractivity contribution in [2.45, 2.75) is 68.7 Å². The van der Waals surface area contributed by atoms with Gasteiger partial charge in [-0.05, 0) is 36.6 Å². The number of carbonyl (C=O) groups excluding carboxylic acids is 2. The van der Waals surface area contributed by atoms with Crippen molar-refractivity contribution in [1.29, 1.82) is 0 Å². The molecule has 4 aliphatic heterocycles. The van der Waals surface area contributed by atoms with Crippen LogP contribution in [0.5, 0.6) is 0 Å². The van der Waals surface area contributed by atoms with Gasteiger partial charge in [-0.1, -0.05) is 60.8 Å². The molecule has 5 heterocycles. The fourth-order valence-corrected chi connectivity index (χ4v) is 9.40. The summed E-state index contributed by atoms with van der Waals surface area (Å²) in [5, 5.41) is 2.08. The number of nitrogens with zero attached hydrogens (tertiary/aromatic N) is 2. The number of rotatable bonds is 5. The van der Waals surface area contributed by atoms with E-state index in [1.807, 2.05) is 11.8 Å². The molecule has 142 valence electrons. The van der Waals surface area contributed by atoms with E-state index in [0.29, 0.717) is 0 Å². The lowest BCUT2D eigenvalue weighted by Crippen LogP contribution is -2.73. The minimum absolute atomic E-state index is 0.00256. The van der Waals surface area contributed by atoms with Crippen LogP contribution in [0.1, 0.15) is 63.8 Å². The Morgan fingerprint density at radius 2 is 1.96 bits per heavy atom. The largest absolute Gasteiger partial charge is 0.319 e. The number of piperazine rings is 1. The predicted molar refractivity (Wildman–Crippen MR) is 110 cm³/mol. The van der Waals surface area contributed by atoms with Crippen molar-refractivity contribution in [3.63, 3.8) is 0 Å². The SMILES string of the molecule is CCCCCC1(C)CC23SSC(C)(C(=O)N2C1c1cccs1)N(C)C3=O. The highest BCUT2D eigenvalue weighted by atomic mass is 33.1. The summed E-state index contributed by atoms with van der Waals surface area (Å²) in [5.74, 6) is 0.199. The van der Waals surface area contributed by atoms with Crippen LogP contribution in [-0.4, -0.2) is 38.4 Å². The van der Waals surface area contributed by atoms with Gasteiger partial charge in [0.1, 0.15) is 0 Å². The highest BCUT2D eigenvalue weighted by Gasteiger charge is 2.74. The van der Waals surface area contributed by atoms with Gasteiger partial charge in [0.2, 0.25) is 0 Å². The summed E-state index contributed by atoms with van der Waals surface area (Å²) >= 11 is 1.71. The predicted octanol–water partition coefficient (Wildman–Crippen LogP) is 4.89. The van der Waals surface area contributed by atoms with Gasteiger partial charge in [0.25, 0.3) is 11.8 Å². The second-order valence-corrected chi connectivity index (χ2v) is 12.0. The van der Waals surface area contributed by atoms with Gasteiger partial charge in [-0.25, -0.2) is 0 Å². The van der Waals surface area contributed by atoms with E-state index in [2.05, 4.69) is 31.4 Å². The zero-order valence-electron chi connectivity index (χ0n) is 15.8. The molecule has 4 aliphatic rings. The summed E-state index contributed by atoms with van der Waals surface area (Å²) in [6, 6.07) is 4.19. The number of thiophene rings is 1. The average molecular weight is 411 g/mol. The number of unbranched alkanes of at least 4 members (excludes halogenated alkanes) is 2. The Kier molecular flexibility index (Phi) is 4.44. The minimum Gasteiger partial charge on any atom is -0.319 e. The zero-order valence-corrected chi connectivity index (χ0v) is 18.2. The summed E-state index contributed by atoms with van der Waals surface area (Å²) in [6.07, 6.45) is 5.31. The maximum absolute atomic E-state index is 13.6. The quantitative estimate of drug-likeness (QED) is 0.512. The molecular weight excluding hydrogens is 384 g/mol. The molecule has 4 unspecified atom stereocenters. The first kappa shape index (κ1) is 18.7. The van der Waals surface area contributed by atoms with Crippen LogP contribution in [0.15, 0.2) is 17.5 Å². The summed E-state index contributed by atoms with van der Waals surface area (Å²) < 4.78 is 0. The van der Waals surface area contributed by atoms with Gasteiger partial charge in [-0.3, -0.25) is 9.59 Å². The smallest absolute Gasteiger partial charge is 0.261 e. The molecule has 0 radical (unpaired) electrons. The van der Waals surface area contributed by atoms with Gasteiger partial charge in [-0.2, -0.15) is 0 Å². The van der Waals surface area contributed by atoms with Crippen molar-refractivity contribution >= 4 is 44.7 Å². The number of hydrogen-bond donors (Lipinski definition) is 0.